The summed E-state index contributed by atoms with van der Waals surface area (Å²) in [5.41, 5.74) is 4.03. The molecule has 1 aliphatic heterocycles. The van der Waals surface area contributed by atoms with Gasteiger partial charge < -0.3 is 4.90 Å². The van der Waals surface area contributed by atoms with Gasteiger partial charge in [0, 0.05) is 32.9 Å². The van der Waals surface area contributed by atoms with E-state index in [4.69, 9.17) is 0 Å². The summed E-state index contributed by atoms with van der Waals surface area (Å²) in [5, 5.41) is 4.31. The Morgan fingerprint density at radius 3 is 2.40 bits per heavy atom. The highest BCUT2D eigenvalue weighted by atomic mass is 15.1. The van der Waals surface area contributed by atoms with Gasteiger partial charge >= 0.3 is 0 Å². The third-order valence-electron chi connectivity index (χ3n) is 2.76. The molecule has 2 heteroatoms. The van der Waals surface area contributed by atoms with Crippen molar-refractivity contribution in [2.45, 2.75) is 6.42 Å². The second-order valence-corrected chi connectivity index (χ2v) is 4.05. The lowest BCUT2D eigenvalue weighted by Gasteiger charge is -2.15. The van der Waals surface area contributed by atoms with Crippen LogP contribution < -0.4 is 10.2 Å². The Morgan fingerprint density at radius 2 is 1.87 bits per heavy atom. The van der Waals surface area contributed by atoms with Crippen molar-refractivity contribution in [1.29, 1.82) is 0 Å². The molecule has 0 unspecified atom stereocenters. The molecule has 2 nitrogen and oxygen atoms in total. The lowest BCUT2D eigenvalue weighted by Crippen LogP contribution is -2.13. The van der Waals surface area contributed by atoms with Crippen molar-refractivity contribution in [3.05, 3.63) is 35.9 Å². The quantitative estimate of drug-likeness (QED) is 0.716. The molecule has 0 atom stereocenters. The first-order valence-corrected chi connectivity index (χ1v) is 5.37. The number of anilines is 1. The fourth-order valence-corrected chi connectivity index (χ4v) is 1.80. The molecule has 0 bridgehead atoms. The van der Waals surface area contributed by atoms with Crippen LogP contribution in [0.15, 0.2) is 30.3 Å². The normalized spacial score (nSPS) is 16.0. The second kappa shape index (κ2) is 4.49. The summed E-state index contributed by atoms with van der Waals surface area (Å²) < 4.78 is 0. The molecule has 0 amide bonds. The Balaban J connectivity index is 2.19. The first-order chi connectivity index (χ1) is 7.27. The van der Waals surface area contributed by atoms with Crippen molar-refractivity contribution >= 4 is 11.3 Å². The summed E-state index contributed by atoms with van der Waals surface area (Å²) in [6.45, 7) is 1.85. The van der Waals surface area contributed by atoms with Crippen LogP contribution in [0.4, 0.5) is 5.69 Å². The predicted octanol–water partition coefficient (Wildman–Crippen LogP) is 2.14. The van der Waals surface area contributed by atoms with Gasteiger partial charge in [-0.05, 0) is 29.7 Å². The van der Waals surface area contributed by atoms with Gasteiger partial charge in [-0.15, -0.1) is 0 Å². The molecule has 0 N–H and O–H groups in total. The van der Waals surface area contributed by atoms with Gasteiger partial charge in [0.05, 0.1) is 0 Å². The van der Waals surface area contributed by atoms with Gasteiger partial charge in [0.25, 0.3) is 0 Å². The molecule has 1 aromatic carbocycles. The maximum atomic E-state index is 4.31. The van der Waals surface area contributed by atoms with Crippen LogP contribution >= 0.6 is 0 Å². The highest BCUT2D eigenvalue weighted by molar-refractivity contribution is 5.68. The molecule has 0 aliphatic carbocycles. The van der Waals surface area contributed by atoms with Crippen LogP contribution in [-0.4, -0.2) is 27.2 Å². The number of nitrogens with zero attached hydrogens (tertiary/aromatic N) is 2. The van der Waals surface area contributed by atoms with E-state index in [0.29, 0.717) is 0 Å². The molecule has 0 aromatic heterocycles. The van der Waals surface area contributed by atoms with Crippen LogP contribution in [0.25, 0.3) is 5.57 Å². The fraction of sp³-hybridized carbons (Fsp3) is 0.385. The summed E-state index contributed by atoms with van der Waals surface area (Å²) in [6, 6.07) is 8.74. The number of hydrogen-bond donors (Lipinski definition) is 0. The Kier molecular flexibility index (Phi) is 3.07. The van der Waals surface area contributed by atoms with Crippen LogP contribution in [0.5, 0.6) is 0 Å². The third kappa shape index (κ3) is 2.39. The van der Waals surface area contributed by atoms with E-state index in [1.807, 2.05) is 0 Å². The largest absolute Gasteiger partial charge is 0.378 e. The van der Waals surface area contributed by atoms with Crippen LogP contribution in [0.1, 0.15) is 12.0 Å². The lowest BCUT2D eigenvalue weighted by molar-refractivity contribution is 0.723. The smallest absolute Gasteiger partial charge is 0.0361 e. The first-order valence-electron chi connectivity index (χ1n) is 5.37. The van der Waals surface area contributed by atoms with E-state index in [1.54, 1.807) is 0 Å². The molecule has 0 saturated carbocycles. The Bertz CT molecular complexity index is 349. The van der Waals surface area contributed by atoms with Crippen molar-refractivity contribution in [3.63, 3.8) is 0 Å². The molecule has 1 heterocycles. The zero-order chi connectivity index (χ0) is 10.7. The molecular weight excluding hydrogens is 184 g/mol. The van der Waals surface area contributed by atoms with Gasteiger partial charge in [-0.1, -0.05) is 18.2 Å². The minimum Gasteiger partial charge on any atom is -0.378 e. The topological polar surface area (TPSA) is 17.3 Å². The molecule has 1 radical (unpaired) electrons. The highest BCUT2D eigenvalue weighted by Gasteiger charge is 2.06. The van der Waals surface area contributed by atoms with Crippen LogP contribution in [0, 0.1) is 0 Å². The van der Waals surface area contributed by atoms with Crippen molar-refractivity contribution in [2.24, 2.45) is 0 Å². The van der Waals surface area contributed by atoms with E-state index in [9.17, 15) is 0 Å². The lowest BCUT2D eigenvalue weighted by atomic mass is 10.00. The zero-order valence-electron chi connectivity index (χ0n) is 9.40. The van der Waals surface area contributed by atoms with E-state index in [2.05, 4.69) is 54.7 Å². The van der Waals surface area contributed by atoms with Gasteiger partial charge in [-0.3, -0.25) is 0 Å². The number of hydrogen-bond acceptors (Lipinski definition) is 1. The molecule has 0 fully saturated rings. The van der Waals surface area contributed by atoms with Crippen molar-refractivity contribution < 1.29 is 0 Å². The molecule has 1 aromatic rings. The first kappa shape index (κ1) is 10.2. The van der Waals surface area contributed by atoms with Crippen LogP contribution in [-0.2, 0) is 0 Å². The Hall–Kier alpha value is -1.28. The summed E-state index contributed by atoms with van der Waals surface area (Å²) in [5.74, 6) is 0. The van der Waals surface area contributed by atoms with Gasteiger partial charge in [0.2, 0.25) is 0 Å². The maximum Gasteiger partial charge on any atom is 0.0361 e. The summed E-state index contributed by atoms with van der Waals surface area (Å²) >= 11 is 0. The zero-order valence-corrected chi connectivity index (χ0v) is 9.40. The molecule has 1 aliphatic rings. The monoisotopic (exact) mass is 201 g/mol. The Morgan fingerprint density at radius 1 is 1.13 bits per heavy atom. The second-order valence-electron chi connectivity index (χ2n) is 4.05. The standard InChI is InChI=1S/C13H17N2/c1-15(2)13-5-3-11(4-6-13)12-7-9-14-10-8-12/h3-7H,8-10H2,1-2H3. The van der Waals surface area contributed by atoms with Gasteiger partial charge in [0.15, 0.2) is 0 Å². The van der Waals surface area contributed by atoms with Gasteiger partial charge in [0.1, 0.15) is 0 Å². The average molecular weight is 201 g/mol. The number of benzene rings is 1. The van der Waals surface area contributed by atoms with Crippen molar-refractivity contribution in [2.75, 3.05) is 32.1 Å². The summed E-state index contributed by atoms with van der Waals surface area (Å²) in [7, 11) is 4.13. The van der Waals surface area contributed by atoms with E-state index in [1.165, 1.54) is 16.8 Å². The van der Waals surface area contributed by atoms with E-state index < -0.39 is 0 Å². The van der Waals surface area contributed by atoms with Gasteiger partial charge in [-0.2, -0.15) is 0 Å². The third-order valence-corrected chi connectivity index (χ3v) is 2.76. The van der Waals surface area contributed by atoms with Crippen LogP contribution in [0.3, 0.4) is 0 Å². The predicted molar refractivity (Wildman–Crippen MR) is 65.2 cm³/mol. The number of rotatable bonds is 2. The van der Waals surface area contributed by atoms with Gasteiger partial charge in [-0.25, -0.2) is 5.32 Å². The molecule has 2 rings (SSSR count). The van der Waals surface area contributed by atoms with E-state index >= 15 is 0 Å². The maximum absolute atomic E-state index is 4.31. The minimum absolute atomic E-state index is 0.880. The Labute approximate surface area is 91.6 Å². The fourth-order valence-electron chi connectivity index (χ4n) is 1.80. The SMILES string of the molecule is CN(C)c1ccc(C2=CC[N]CC2)cc1. The van der Waals surface area contributed by atoms with E-state index in [-0.39, 0.29) is 0 Å². The van der Waals surface area contributed by atoms with Crippen LogP contribution in [0.2, 0.25) is 0 Å². The average Bonchev–Trinajstić information content (AvgIpc) is 2.30. The van der Waals surface area contributed by atoms with Crippen molar-refractivity contribution in [3.8, 4) is 0 Å². The molecule has 15 heavy (non-hydrogen) atoms. The molecule has 0 saturated heterocycles. The molecule has 0 spiro atoms. The minimum atomic E-state index is 0.880. The summed E-state index contributed by atoms with van der Waals surface area (Å²) in [6.07, 6.45) is 3.31. The molecule has 79 valence electrons. The molecular formula is C13H17N2. The highest BCUT2D eigenvalue weighted by Crippen LogP contribution is 2.22. The van der Waals surface area contributed by atoms with E-state index in [0.717, 1.165) is 19.5 Å². The van der Waals surface area contributed by atoms with Crippen molar-refractivity contribution in [1.82, 2.24) is 5.32 Å². The summed E-state index contributed by atoms with van der Waals surface area (Å²) in [4.78, 5) is 2.12.